The van der Waals surface area contributed by atoms with E-state index in [0.717, 1.165) is 49.7 Å². The lowest BCUT2D eigenvalue weighted by Crippen LogP contribution is -2.43. The van der Waals surface area contributed by atoms with E-state index in [1.54, 1.807) is 11.5 Å². The van der Waals surface area contributed by atoms with Crippen LogP contribution in [0.1, 0.15) is 11.3 Å². The van der Waals surface area contributed by atoms with Crippen LogP contribution in [0.3, 0.4) is 0 Å². The molecule has 0 amide bonds. The second kappa shape index (κ2) is 11.2. The second-order valence-electron chi connectivity index (χ2n) is 6.81. The van der Waals surface area contributed by atoms with E-state index in [-0.39, 0.29) is 37.2 Å². The molecule has 31 heavy (non-hydrogen) atoms. The first-order chi connectivity index (χ1) is 13.5. The smallest absolute Gasteiger partial charge is 0.417 e. The maximum atomic E-state index is 13.3. The zero-order valence-electron chi connectivity index (χ0n) is 16.7. The van der Waals surface area contributed by atoms with Crippen LogP contribution in [-0.2, 0) is 12.7 Å². The quantitative estimate of drug-likeness (QED) is 0.565. The number of imidazole rings is 1. The molecule has 5 nitrogen and oxygen atoms in total. The number of nitrogens with zero attached hydrogens (tertiary/aromatic N) is 3. The van der Waals surface area contributed by atoms with Crippen molar-refractivity contribution in [3.05, 3.63) is 53.9 Å². The molecule has 0 spiro atoms. The van der Waals surface area contributed by atoms with Gasteiger partial charge in [0.1, 0.15) is 11.4 Å². The van der Waals surface area contributed by atoms with Crippen LogP contribution in [0.2, 0.25) is 0 Å². The van der Waals surface area contributed by atoms with E-state index in [9.17, 15) is 13.2 Å². The number of aromatic nitrogens is 2. The first-order valence-corrected chi connectivity index (χ1v) is 9.11. The Kier molecular flexibility index (Phi) is 9.91. The summed E-state index contributed by atoms with van der Waals surface area (Å²) < 4.78 is 46.7. The first kappa shape index (κ1) is 27.3. The third-order valence-electron chi connectivity index (χ3n) is 4.97. The SMILES string of the molecule is COc1cccc(-c2nc3ccc(C(F)(F)F)cn3c2CN2CCNCC2)c1.Cl.Cl.Cl. The minimum atomic E-state index is -4.40. The molecule has 3 aromatic rings. The summed E-state index contributed by atoms with van der Waals surface area (Å²) >= 11 is 0. The molecular weight excluding hydrogens is 476 g/mol. The van der Waals surface area contributed by atoms with Gasteiger partial charge in [0.2, 0.25) is 0 Å². The summed E-state index contributed by atoms with van der Waals surface area (Å²) in [5.41, 5.74) is 2.06. The zero-order valence-corrected chi connectivity index (χ0v) is 19.1. The number of pyridine rings is 1. The lowest BCUT2D eigenvalue weighted by atomic mass is 10.1. The van der Waals surface area contributed by atoms with Crippen LogP contribution in [0.4, 0.5) is 13.2 Å². The number of ether oxygens (including phenoxy) is 1. The minimum Gasteiger partial charge on any atom is -0.497 e. The van der Waals surface area contributed by atoms with Crippen molar-refractivity contribution in [1.29, 1.82) is 0 Å². The average molecular weight is 500 g/mol. The fourth-order valence-corrected chi connectivity index (χ4v) is 3.49. The summed E-state index contributed by atoms with van der Waals surface area (Å²) in [7, 11) is 1.58. The maximum Gasteiger partial charge on any atom is 0.417 e. The maximum absolute atomic E-state index is 13.3. The normalized spacial score (nSPS) is 14.3. The Morgan fingerprint density at radius 2 is 1.77 bits per heavy atom. The summed E-state index contributed by atoms with van der Waals surface area (Å²) in [5.74, 6) is 0.679. The van der Waals surface area contributed by atoms with Crippen LogP contribution >= 0.6 is 37.2 Å². The molecule has 1 aliphatic rings. The Hall–Kier alpha value is -1.71. The lowest BCUT2D eigenvalue weighted by molar-refractivity contribution is -0.137. The van der Waals surface area contributed by atoms with Gasteiger partial charge < -0.3 is 14.5 Å². The van der Waals surface area contributed by atoms with Crippen LogP contribution in [0, 0.1) is 0 Å². The van der Waals surface area contributed by atoms with Crippen molar-refractivity contribution < 1.29 is 17.9 Å². The Balaban J connectivity index is 0.00000160. The number of hydrogen-bond acceptors (Lipinski definition) is 4. The minimum absolute atomic E-state index is 0. The van der Waals surface area contributed by atoms with E-state index in [0.29, 0.717) is 23.6 Å². The third kappa shape index (κ3) is 5.96. The fraction of sp³-hybridized carbons (Fsp3) is 0.350. The Morgan fingerprint density at radius 1 is 1.06 bits per heavy atom. The van der Waals surface area contributed by atoms with Gasteiger partial charge in [0.15, 0.2) is 0 Å². The van der Waals surface area contributed by atoms with Crippen molar-refractivity contribution in [2.75, 3.05) is 33.3 Å². The number of rotatable bonds is 4. The average Bonchev–Trinajstić information content (AvgIpc) is 3.06. The van der Waals surface area contributed by atoms with Crippen molar-refractivity contribution in [3.8, 4) is 17.0 Å². The fourth-order valence-electron chi connectivity index (χ4n) is 3.49. The topological polar surface area (TPSA) is 41.8 Å². The number of nitrogens with one attached hydrogen (secondary N) is 1. The Labute approximate surface area is 197 Å². The molecule has 3 heterocycles. The molecule has 0 atom stereocenters. The van der Waals surface area contributed by atoms with Gasteiger partial charge in [-0.05, 0) is 24.3 Å². The molecule has 1 fully saturated rings. The number of alkyl halides is 3. The molecule has 4 rings (SSSR count). The number of piperazine rings is 1. The monoisotopic (exact) mass is 498 g/mol. The van der Waals surface area contributed by atoms with E-state index < -0.39 is 11.7 Å². The molecule has 1 N–H and O–H groups in total. The van der Waals surface area contributed by atoms with Crippen LogP contribution in [-0.4, -0.2) is 47.6 Å². The molecule has 1 saturated heterocycles. The molecule has 0 saturated carbocycles. The molecule has 0 bridgehead atoms. The molecule has 0 radical (unpaired) electrons. The predicted molar refractivity (Wildman–Crippen MR) is 122 cm³/mol. The van der Waals surface area contributed by atoms with Crippen molar-refractivity contribution in [2.24, 2.45) is 0 Å². The summed E-state index contributed by atoms with van der Waals surface area (Å²) in [6, 6.07) is 9.94. The van der Waals surface area contributed by atoms with Gasteiger partial charge in [-0.1, -0.05) is 12.1 Å². The van der Waals surface area contributed by atoms with Gasteiger partial charge in [-0.25, -0.2) is 4.98 Å². The Bertz CT molecular complexity index is 991. The van der Waals surface area contributed by atoms with Crippen LogP contribution in [0.25, 0.3) is 16.9 Å². The molecule has 0 unspecified atom stereocenters. The van der Waals surface area contributed by atoms with Gasteiger partial charge in [0, 0.05) is 44.5 Å². The van der Waals surface area contributed by atoms with Crippen molar-refractivity contribution in [3.63, 3.8) is 0 Å². The highest BCUT2D eigenvalue weighted by molar-refractivity contribution is 5.86. The van der Waals surface area contributed by atoms with Crippen molar-refractivity contribution >= 4 is 42.9 Å². The molecule has 0 aliphatic carbocycles. The standard InChI is InChI=1S/C20H21F3N4O.3ClH/c1-28-16-4-2-3-14(11-16)19-17(13-26-9-7-24-8-10-26)27-12-15(20(21,22)23)5-6-18(27)25-19;;;/h2-6,11-12,24H,7-10,13H2,1H3;3*1H. The number of methoxy groups -OCH3 is 1. The van der Waals surface area contributed by atoms with E-state index in [1.165, 1.54) is 6.07 Å². The molecule has 11 heteroatoms. The molecule has 2 aromatic heterocycles. The van der Waals surface area contributed by atoms with E-state index in [2.05, 4.69) is 15.2 Å². The second-order valence-corrected chi connectivity index (χ2v) is 6.81. The summed E-state index contributed by atoms with van der Waals surface area (Å²) in [4.78, 5) is 6.87. The van der Waals surface area contributed by atoms with Gasteiger partial charge >= 0.3 is 6.18 Å². The highest BCUT2D eigenvalue weighted by atomic mass is 35.5. The van der Waals surface area contributed by atoms with Crippen molar-refractivity contribution in [2.45, 2.75) is 12.7 Å². The summed E-state index contributed by atoms with van der Waals surface area (Å²) in [5, 5.41) is 3.29. The van der Waals surface area contributed by atoms with Crippen LogP contribution in [0.5, 0.6) is 5.75 Å². The Morgan fingerprint density at radius 3 is 2.42 bits per heavy atom. The molecule has 172 valence electrons. The lowest BCUT2D eigenvalue weighted by Gasteiger charge is -2.27. The first-order valence-electron chi connectivity index (χ1n) is 9.11. The van der Waals surface area contributed by atoms with Crippen LogP contribution in [0.15, 0.2) is 42.6 Å². The predicted octanol–water partition coefficient (Wildman–Crippen LogP) is 4.70. The molecule has 1 aromatic carbocycles. The molecular formula is C20H24Cl3F3N4O. The van der Waals surface area contributed by atoms with Gasteiger partial charge in [-0.15, -0.1) is 37.2 Å². The third-order valence-corrected chi connectivity index (χ3v) is 4.97. The van der Waals surface area contributed by atoms with Gasteiger partial charge in [-0.2, -0.15) is 13.2 Å². The number of benzene rings is 1. The summed E-state index contributed by atoms with van der Waals surface area (Å²) in [6.45, 7) is 3.92. The van der Waals surface area contributed by atoms with E-state index >= 15 is 0 Å². The van der Waals surface area contributed by atoms with E-state index in [4.69, 9.17) is 4.74 Å². The molecule has 1 aliphatic heterocycles. The number of fused-ring (bicyclic) bond motifs is 1. The van der Waals surface area contributed by atoms with Gasteiger partial charge in [0.25, 0.3) is 0 Å². The summed E-state index contributed by atoms with van der Waals surface area (Å²) in [6.07, 6.45) is -3.26. The zero-order chi connectivity index (χ0) is 19.7. The van der Waals surface area contributed by atoms with E-state index in [1.807, 2.05) is 24.3 Å². The number of hydrogen-bond donors (Lipinski definition) is 1. The van der Waals surface area contributed by atoms with Gasteiger partial charge in [-0.3, -0.25) is 4.90 Å². The number of halogens is 6. The largest absolute Gasteiger partial charge is 0.497 e. The van der Waals surface area contributed by atoms with Gasteiger partial charge in [0.05, 0.1) is 24.1 Å². The van der Waals surface area contributed by atoms with Crippen molar-refractivity contribution in [1.82, 2.24) is 19.6 Å². The van der Waals surface area contributed by atoms with Crippen LogP contribution < -0.4 is 10.1 Å². The highest BCUT2D eigenvalue weighted by Gasteiger charge is 2.31. The highest BCUT2D eigenvalue weighted by Crippen LogP contribution is 2.32.